The summed E-state index contributed by atoms with van der Waals surface area (Å²) in [6, 6.07) is 22.9. The topological polar surface area (TPSA) is 68.3 Å². The number of rotatable bonds is 5. The molecule has 4 rings (SSSR count). The van der Waals surface area contributed by atoms with Crippen molar-refractivity contribution in [2.75, 3.05) is 11.9 Å². The maximum Gasteiger partial charge on any atom is 0.339 e. The number of hydrogen-bond acceptors (Lipinski definition) is 4. The number of nitrogens with one attached hydrogen (secondary N) is 1. The largest absolute Gasteiger partial charge is 0.462 e. The molecule has 0 aliphatic rings. The molecule has 1 N–H and O–H groups in total. The Kier molecular flexibility index (Phi) is 5.76. The van der Waals surface area contributed by atoms with Crippen LogP contribution in [0, 0.1) is 6.92 Å². The number of hydrogen-bond donors (Lipinski definition) is 1. The molecule has 5 nitrogen and oxygen atoms in total. The van der Waals surface area contributed by atoms with Gasteiger partial charge in [0.1, 0.15) is 0 Å². The van der Waals surface area contributed by atoms with E-state index in [1.165, 1.54) is 6.20 Å². The van der Waals surface area contributed by atoms with E-state index in [-0.39, 0.29) is 5.91 Å². The second-order valence-electron chi connectivity index (χ2n) is 7.22. The number of carbonyl (C=O) groups excluding carboxylic acids is 2. The molecule has 0 bridgehead atoms. The normalized spacial score (nSPS) is 10.6. The summed E-state index contributed by atoms with van der Waals surface area (Å²) in [7, 11) is 0. The van der Waals surface area contributed by atoms with Crippen LogP contribution in [-0.4, -0.2) is 23.5 Å². The first kappa shape index (κ1) is 20.3. The molecule has 0 radical (unpaired) electrons. The Morgan fingerprint density at radius 3 is 2.55 bits per heavy atom. The van der Waals surface area contributed by atoms with E-state index < -0.39 is 5.97 Å². The van der Waals surface area contributed by atoms with Crippen LogP contribution in [0.3, 0.4) is 0 Å². The first-order valence-electron chi connectivity index (χ1n) is 10.1. The van der Waals surface area contributed by atoms with E-state index in [4.69, 9.17) is 4.74 Å². The molecule has 0 unspecified atom stereocenters. The van der Waals surface area contributed by atoms with Crippen LogP contribution in [0.2, 0.25) is 0 Å². The summed E-state index contributed by atoms with van der Waals surface area (Å²) >= 11 is 0. The molecule has 154 valence electrons. The zero-order chi connectivity index (χ0) is 21.8. The number of carbonyl (C=O) groups is 2. The molecule has 0 aliphatic carbocycles. The van der Waals surface area contributed by atoms with Crippen LogP contribution in [0.15, 0.2) is 79.0 Å². The third-order valence-corrected chi connectivity index (χ3v) is 4.96. The third-order valence-electron chi connectivity index (χ3n) is 4.96. The summed E-state index contributed by atoms with van der Waals surface area (Å²) in [6.07, 6.45) is 1.49. The fourth-order valence-corrected chi connectivity index (χ4v) is 3.44. The van der Waals surface area contributed by atoms with Gasteiger partial charge >= 0.3 is 5.97 Å². The second kappa shape index (κ2) is 8.79. The monoisotopic (exact) mass is 410 g/mol. The number of pyridine rings is 1. The Hall–Kier alpha value is -3.99. The summed E-state index contributed by atoms with van der Waals surface area (Å²) in [5.74, 6) is -0.591. The van der Waals surface area contributed by atoms with E-state index in [2.05, 4.69) is 10.3 Å². The van der Waals surface area contributed by atoms with Gasteiger partial charge in [0.2, 0.25) is 0 Å². The summed E-state index contributed by atoms with van der Waals surface area (Å²) in [5.41, 5.74) is 5.20. The number of aryl methyl sites for hydroxylation is 1. The summed E-state index contributed by atoms with van der Waals surface area (Å²) in [5, 5.41) is 3.77. The van der Waals surface area contributed by atoms with Crippen molar-refractivity contribution in [2.24, 2.45) is 0 Å². The summed E-state index contributed by atoms with van der Waals surface area (Å²) < 4.78 is 5.02. The molecule has 5 heteroatoms. The average molecular weight is 410 g/mol. The minimum atomic E-state index is -0.401. The molecule has 0 saturated heterocycles. The lowest BCUT2D eigenvalue weighted by molar-refractivity contribution is 0.0526. The average Bonchev–Trinajstić information content (AvgIpc) is 2.79. The molecule has 0 saturated carbocycles. The highest BCUT2D eigenvalue weighted by Gasteiger charge is 2.14. The Balaban J connectivity index is 1.62. The molecule has 0 atom stereocenters. The van der Waals surface area contributed by atoms with Gasteiger partial charge in [-0.2, -0.15) is 0 Å². The van der Waals surface area contributed by atoms with Crippen molar-refractivity contribution in [3.63, 3.8) is 0 Å². The van der Waals surface area contributed by atoms with Gasteiger partial charge in [0.05, 0.1) is 17.7 Å². The van der Waals surface area contributed by atoms with Crippen molar-refractivity contribution in [3.8, 4) is 11.1 Å². The number of esters is 1. The van der Waals surface area contributed by atoms with Gasteiger partial charge in [-0.15, -0.1) is 0 Å². The molecule has 4 aromatic rings. The standard InChI is InChI=1S/C26H22N2O3/c1-3-31-26(30)20-14-19-10-11-21(15-24(19)27-16-20)28-25(29)23-13-17(2)9-12-22(23)18-7-5-4-6-8-18/h4-16H,3H2,1-2H3,(H,28,29). The summed E-state index contributed by atoms with van der Waals surface area (Å²) in [6.45, 7) is 4.04. The molecule has 1 amide bonds. The van der Waals surface area contributed by atoms with Crippen molar-refractivity contribution in [1.82, 2.24) is 4.98 Å². The first-order valence-corrected chi connectivity index (χ1v) is 10.1. The zero-order valence-corrected chi connectivity index (χ0v) is 17.4. The minimum absolute atomic E-state index is 0.190. The predicted molar refractivity (Wildman–Crippen MR) is 122 cm³/mol. The van der Waals surface area contributed by atoms with Crippen LogP contribution in [-0.2, 0) is 4.74 Å². The number of ether oxygens (including phenoxy) is 1. The highest BCUT2D eigenvalue weighted by atomic mass is 16.5. The molecular formula is C26H22N2O3. The fraction of sp³-hybridized carbons (Fsp3) is 0.115. The van der Waals surface area contributed by atoms with Gasteiger partial charge in [0, 0.05) is 22.8 Å². The molecule has 31 heavy (non-hydrogen) atoms. The van der Waals surface area contributed by atoms with Crippen LogP contribution in [0.25, 0.3) is 22.0 Å². The maximum absolute atomic E-state index is 13.1. The van der Waals surface area contributed by atoms with Gasteiger partial charge in [0.15, 0.2) is 0 Å². The quantitative estimate of drug-likeness (QED) is 0.432. The van der Waals surface area contributed by atoms with Gasteiger partial charge in [0.25, 0.3) is 5.91 Å². The SMILES string of the molecule is CCOC(=O)c1cnc2cc(NC(=O)c3cc(C)ccc3-c3ccccc3)ccc2c1. The number of aromatic nitrogens is 1. The molecule has 0 fully saturated rings. The molecular weight excluding hydrogens is 388 g/mol. The van der Waals surface area contributed by atoms with Crippen molar-refractivity contribution in [3.05, 3.63) is 95.7 Å². The maximum atomic E-state index is 13.1. The van der Waals surface area contributed by atoms with Crippen molar-refractivity contribution < 1.29 is 14.3 Å². The van der Waals surface area contributed by atoms with Gasteiger partial charge in [-0.1, -0.05) is 54.1 Å². The van der Waals surface area contributed by atoms with E-state index in [9.17, 15) is 9.59 Å². The molecule has 1 heterocycles. The molecule has 0 aliphatic heterocycles. The van der Waals surface area contributed by atoms with Crippen LogP contribution in [0.4, 0.5) is 5.69 Å². The number of nitrogens with zero attached hydrogens (tertiary/aromatic N) is 1. The Morgan fingerprint density at radius 1 is 0.968 bits per heavy atom. The highest BCUT2D eigenvalue weighted by Crippen LogP contribution is 2.26. The lowest BCUT2D eigenvalue weighted by Crippen LogP contribution is -2.13. The van der Waals surface area contributed by atoms with E-state index in [0.717, 1.165) is 22.1 Å². The van der Waals surface area contributed by atoms with E-state index in [0.29, 0.717) is 28.9 Å². The highest BCUT2D eigenvalue weighted by molar-refractivity contribution is 6.09. The molecule has 1 aromatic heterocycles. The third kappa shape index (κ3) is 4.46. The Bertz CT molecular complexity index is 1270. The minimum Gasteiger partial charge on any atom is -0.462 e. The van der Waals surface area contributed by atoms with Crippen LogP contribution < -0.4 is 5.32 Å². The number of fused-ring (bicyclic) bond motifs is 1. The number of anilines is 1. The first-order chi connectivity index (χ1) is 15.0. The zero-order valence-electron chi connectivity index (χ0n) is 17.4. The fourth-order valence-electron chi connectivity index (χ4n) is 3.44. The molecule has 0 spiro atoms. The van der Waals surface area contributed by atoms with Gasteiger partial charge in [-0.3, -0.25) is 9.78 Å². The second-order valence-corrected chi connectivity index (χ2v) is 7.22. The van der Waals surface area contributed by atoms with Crippen molar-refractivity contribution >= 4 is 28.5 Å². The van der Waals surface area contributed by atoms with Gasteiger partial charge in [-0.05, 0) is 49.2 Å². The van der Waals surface area contributed by atoms with Crippen LogP contribution in [0.5, 0.6) is 0 Å². The molecule has 3 aromatic carbocycles. The van der Waals surface area contributed by atoms with E-state index in [1.807, 2.05) is 61.5 Å². The summed E-state index contributed by atoms with van der Waals surface area (Å²) in [4.78, 5) is 29.4. The Morgan fingerprint density at radius 2 is 1.77 bits per heavy atom. The lowest BCUT2D eigenvalue weighted by atomic mass is 9.97. The number of amides is 1. The van der Waals surface area contributed by atoms with Crippen molar-refractivity contribution in [2.45, 2.75) is 13.8 Å². The smallest absolute Gasteiger partial charge is 0.339 e. The van der Waals surface area contributed by atoms with Crippen LogP contribution >= 0.6 is 0 Å². The van der Waals surface area contributed by atoms with E-state index >= 15 is 0 Å². The predicted octanol–water partition coefficient (Wildman–Crippen LogP) is 5.64. The Labute approximate surface area is 180 Å². The van der Waals surface area contributed by atoms with Crippen molar-refractivity contribution in [1.29, 1.82) is 0 Å². The van der Waals surface area contributed by atoms with E-state index in [1.54, 1.807) is 25.1 Å². The van der Waals surface area contributed by atoms with Gasteiger partial charge < -0.3 is 10.1 Å². The number of benzene rings is 3. The van der Waals surface area contributed by atoms with Gasteiger partial charge in [-0.25, -0.2) is 4.79 Å². The van der Waals surface area contributed by atoms with Crippen LogP contribution in [0.1, 0.15) is 33.2 Å². The lowest BCUT2D eigenvalue weighted by Gasteiger charge is -2.12.